The maximum Gasteiger partial charge on any atom is 0.348 e. The summed E-state index contributed by atoms with van der Waals surface area (Å²) >= 11 is 1.05. The number of ether oxygens (including phenoxy) is 1. The molecule has 1 aromatic heterocycles. The van der Waals surface area contributed by atoms with Gasteiger partial charge in [0.25, 0.3) is 5.91 Å². The van der Waals surface area contributed by atoms with E-state index in [0.717, 1.165) is 29.5 Å². The van der Waals surface area contributed by atoms with Crippen LogP contribution in [0.15, 0.2) is 24.3 Å². The molecular formula is C20H22F2N2O4S. The number of esters is 1. The van der Waals surface area contributed by atoms with Crippen LogP contribution in [0.4, 0.5) is 13.8 Å². The van der Waals surface area contributed by atoms with Crippen molar-refractivity contribution >= 4 is 34.1 Å². The maximum atomic E-state index is 13.8. The highest BCUT2D eigenvalue weighted by Gasteiger charge is 2.28. The summed E-state index contributed by atoms with van der Waals surface area (Å²) in [6.07, 6.45) is 0. The smallest absolute Gasteiger partial charge is 0.348 e. The molecule has 2 amide bonds. The van der Waals surface area contributed by atoms with Gasteiger partial charge in [0, 0.05) is 0 Å². The average molecular weight is 424 g/mol. The number of carbonyl (C=O) groups excluding carboxylic acids is 3. The minimum atomic E-state index is -1.05. The second-order valence-electron chi connectivity index (χ2n) is 6.62. The molecule has 156 valence electrons. The molecule has 0 saturated carbocycles. The molecule has 0 aliphatic carbocycles. The van der Waals surface area contributed by atoms with Crippen molar-refractivity contribution in [1.82, 2.24) is 5.32 Å². The van der Waals surface area contributed by atoms with Gasteiger partial charge >= 0.3 is 5.97 Å². The third kappa shape index (κ3) is 5.38. The molecule has 2 N–H and O–H groups in total. The Labute approximate surface area is 171 Å². The lowest BCUT2D eigenvalue weighted by atomic mass is 10.0. The molecule has 2 aromatic rings. The quantitative estimate of drug-likeness (QED) is 0.660. The topological polar surface area (TPSA) is 84.5 Å². The van der Waals surface area contributed by atoms with Crippen molar-refractivity contribution < 1.29 is 27.9 Å². The summed E-state index contributed by atoms with van der Waals surface area (Å²) in [6.45, 7) is 7.00. The number of rotatable bonds is 7. The number of hydrogen-bond acceptors (Lipinski definition) is 5. The number of amides is 2. The van der Waals surface area contributed by atoms with Crippen LogP contribution < -0.4 is 10.6 Å². The van der Waals surface area contributed by atoms with Crippen molar-refractivity contribution in [3.8, 4) is 0 Å². The summed E-state index contributed by atoms with van der Waals surface area (Å²) in [5, 5.41) is 5.41. The van der Waals surface area contributed by atoms with Crippen molar-refractivity contribution in [3.63, 3.8) is 0 Å². The zero-order chi connectivity index (χ0) is 21.7. The van der Waals surface area contributed by atoms with Crippen LogP contribution in [-0.4, -0.2) is 30.4 Å². The first-order valence-corrected chi connectivity index (χ1v) is 9.80. The largest absolute Gasteiger partial charge is 0.462 e. The molecule has 0 saturated heterocycles. The van der Waals surface area contributed by atoms with Gasteiger partial charge in [-0.25, -0.2) is 13.6 Å². The van der Waals surface area contributed by atoms with Crippen molar-refractivity contribution in [1.29, 1.82) is 0 Å². The molecule has 29 heavy (non-hydrogen) atoms. The van der Waals surface area contributed by atoms with Crippen LogP contribution in [0.5, 0.6) is 0 Å². The molecule has 0 spiro atoms. The lowest BCUT2D eigenvalue weighted by molar-refractivity contribution is -0.118. The standard InChI is InChI=1S/C20H22F2N2O4S/c1-5-28-20(27)17-11(4)9-14(29-17)23-19(26)16(10(2)3)24-18(25)15-12(21)7-6-8-13(15)22/h6-10,16H,5H2,1-4H3,(H,23,26)(H,24,25). The summed E-state index contributed by atoms with van der Waals surface area (Å²) in [7, 11) is 0. The van der Waals surface area contributed by atoms with E-state index < -0.39 is 41.0 Å². The number of hydrogen-bond donors (Lipinski definition) is 2. The second-order valence-corrected chi connectivity index (χ2v) is 7.68. The highest BCUT2D eigenvalue weighted by atomic mass is 32.1. The Morgan fingerprint density at radius 3 is 2.34 bits per heavy atom. The molecule has 0 aliphatic heterocycles. The first-order valence-electron chi connectivity index (χ1n) is 8.99. The van der Waals surface area contributed by atoms with Crippen molar-refractivity contribution in [2.24, 2.45) is 5.92 Å². The van der Waals surface area contributed by atoms with Crippen LogP contribution in [0.3, 0.4) is 0 Å². The Balaban J connectivity index is 2.17. The van der Waals surface area contributed by atoms with Crippen LogP contribution in [0, 0.1) is 24.5 Å². The van der Waals surface area contributed by atoms with Gasteiger partial charge in [0.2, 0.25) is 5.91 Å². The Morgan fingerprint density at radius 1 is 1.17 bits per heavy atom. The maximum absolute atomic E-state index is 13.8. The molecule has 1 unspecified atom stereocenters. The molecule has 0 fully saturated rings. The number of aryl methyl sites for hydroxylation is 1. The van der Waals surface area contributed by atoms with Crippen molar-refractivity contribution in [3.05, 3.63) is 51.9 Å². The second kappa shape index (κ2) is 9.60. The fourth-order valence-corrected chi connectivity index (χ4v) is 3.57. The van der Waals surface area contributed by atoms with Crippen LogP contribution in [0.1, 0.15) is 46.4 Å². The zero-order valence-electron chi connectivity index (χ0n) is 16.5. The fourth-order valence-electron chi connectivity index (χ4n) is 2.61. The number of nitrogens with one attached hydrogen (secondary N) is 2. The highest BCUT2D eigenvalue weighted by Crippen LogP contribution is 2.27. The molecule has 9 heteroatoms. The summed E-state index contributed by atoms with van der Waals surface area (Å²) in [5.74, 6) is -4.47. The Bertz CT molecular complexity index is 907. The molecular weight excluding hydrogens is 402 g/mol. The lowest BCUT2D eigenvalue weighted by Gasteiger charge is -2.21. The van der Waals surface area contributed by atoms with Gasteiger partial charge in [0.05, 0.1) is 11.6 Å². The first kappa shape index (κ1) is 22.5. The number of anilines is 1. The Hall–Kier alpha value is -2.81. The molecule has 0 aliphatic rings. The zero-order valence-corrected chi connectivity index (χ0v) is 17.3. The van der Waals surface area contributed by atoms with E-state index in [-0.39, 0.29) is 12.5 Å². The highest BCUT2D eigenvalue weighted by molar-refractivity contribution is 7.18. The van der Waals surface area contributed by atoms with E-state index in [1.807, 2.05) is 0 Å². The third-order valence-electron chi connectivity index (χ3n) is 4.05. The number of thiophene rings is 1. The van der Waals surface area contributed by atoms with E-state index in [1.165, 1.54) is 0 Å². The number of halogens is 2. The monoisotopic (exact) mass is 424 g/mol. The van der Waals surface area contributed by atoms with Crippen molar-refractivity contribution in [2.45, 2.75) is 33.7 Å². The third-order valence-corrected chi connectivity index (χ3v) is 5.18. The van der Waals surface area contributed by atoms with Crippen LogP contribution in [-0.2, 0) is 9.53 Å². The minimum absolute atomic E-state index is 0.228. The molecule has 0 radical (unpaired) electrons. The van der Waals surface area contributed by atoms with Crippen LogP contribution in [0.25, 0.3) is 0 Å². The molecule has 1 aromatic carbocycles. The van der Waals surface area contributed by atoms with E-state index >= 15 is 0 Å². The average Bonchev–Trinajstić information content (AvgIpc) is 2.99. The minimum Gasteiger partial charge on any atom is -0.462 e. The van der Waals surface area contributed by atoms with Gasteiger partial charge in [-0.2, -0.15) is 0 Å². The fraction of sp³-hybridized carbons (Fsp3) is 0.350. The summed E-state index contributed by atoms with van der Waals surface area (Å²) in [6, 6.07) is 3.65. The van der Waals surface area contributed by atoms with Gasteiger partial charge in [-0.15, -0.1) is 11.3 Å². The predicted molar refractivity (Wildman–Crippen MR) is 106 cm³/mol. The van der Waals surface area contributed by atoms with Gasteiger partial charge in [0.1, 0.15) is 28.1 Å². The van der Waals surface area contributed by atoms with Gasteiger partial charge < -0.3 is 15.4 Å². The van der Waals surface area contributed by atoms with Crippen LogP contribution >= 0.6 is 11.3 Å². The Morgan fingerprint density at radius 2 is 1.79 bits per heavy atom. The summed E-state index contributed by atoms with van der Waals surface area (Å²) in [5.41, 5.74) is -0.107. The first-order chi connectivity index (χ1) is 13.6. The van der Waals surface area contributed by atoms with E-state index in [9.17, 15) is 23.2 Å². The van der Waals surface area contributed by atoms with E-state index in [4.69, 9.17) is 4.74 Å². The van der Waals surface area contributed by atoms with Crippen molar-refractivity contribution in [2.75, 3.05) is 11.9 Å². The van der Waals surface area contributed by atoms with Gasteiger partial charge in [-0.3, -0.25) is 9.59 Å². The van der Waals surface area contributed by atoms with E-state index in [2.05, 4.69) is 10.6 Å². The normalized spacial score (nSPS) is 11.8. The molecule has 2 rings (SSSR count). The van der Waals surface area contributed by atoms with E-state index in [1.54, 1.807) is 33.8 Å². The van der Waals surface area contributed by atoms with E-state index in [0.29, 0.717) is 15.4 Å². The summed E-state index contributed by atoms with van der Waals surface area (Å²) in [4.78, 5) is 37.3. The Kier molecular flexibility index (Phi) is 7.44. The van der Waals surface area contributed by atoms with Gasteiger partial charge in [-0.1, -0.05) is 19.9 Å². The van der Waals surface area contributed by atoms with Gasteiger partial charge in [0.15, 0.2) is 0 Å². The molecule has 0 bridgehead atoms. The SMILES string of the molecule is CCOC(=O)c1sc(NC(=O)C(NC(=O)c2c(F)cccc2F)C(C)C)cc1C. The molecule has 6 nitrogen and oxygen atoms in total. The summed E-state index contributed by atoms with van der Waals surface area (Å²) < 4.78 is 32.7. The van der Waals surface area contributed by atoms with Crippen LogP contribution in [0.2, 0.25) is 0 Å². The number of carbonyl (C=O) groups is 3. The lowest BCUT2D eigenvalue weighted by Crippen LogP contribution is -2.47. The molecule has 1 heterocycles. The molecule has 1 atom stereocenters. The number of benzene rings is 1. The van der Waals surface area contributed by atoms with Gasteiger partial charge in [-0.05, 0) is 43.5 Å². The predicted octanol–water partition coefficient (Wildman–Crippen LogP) is 3.90.